The number of aryl methyl sites for hydroxylation is 2. The molecule has 0 heterocycles. The van der Waals surface area contributed by atoms with Crippen molar-refractivity contribution in [3.8, 4) is 0 Å². The molecule has 0 atom stereocenters. The summed E-state index contributed by atoms with van der Waals surface area (Å²) < 4.78 is 0. The second kappa shape index (κ2) is 13.9. The van der Waals surface area contributed by atoms with Crippen LogP contribution in [0.1, 0.15) is 31.9 Å². The van der Waals surface area contributed by atoms with E-state index in [0.717, 1.165) is 0 Å². The van der Waals surface area contributed by atoms with E-state index in [1.165, 1.54) is 11.1 Å². The maximum atomic E-state index is 6.94. The van der Waals surface area contributed by atoms with E-state index in [9.17, 15) is 0 Å². The minimum atomic E-state index is -0.250. The second-order valence-electron chi connectivity index (χ2n) is 4.14. The zero-order valence-corrected chi connectivity index (χ0v) is 15.2. The molecule has 0 aromatic heterocycles. The van der Waals surface area contributed by atoms with E-state index in [1.807, 2.05) is 47.6 Å². The molecule has 0 fully saturated rings. The first kappa shape index (κ1) is 25.6. The van der Waals surface area contributed by atoms with Crippen LogP contribution in [-0.4, -0.2) is 13.2 Å². The normalized spacial score (nSPS) is 8.25. The van der Waals surface area contributed by atoms with Gasteiger partial charge in [-0.15, -0.1) is 5.54 Å². The van der Waals surface area contributed by atoms with E-state index < -0.39 is 0 Å². The van der Waals surface area contributed by atoms with Crippen molar-refractivity contribution in [3.05, 3.63) is 35.1 Å². The molecule has 0 amide bonds. The predicted octanol–water partition coefficient (Wildman–Crippen LogP) is -3.05. The number of hydrogen-bond acceptors (Lipinski definition) is 0. The van der Waals surface area contributed by atoms with Crippen molar-refractivity contribution in [2.45, 2.75) is 40.2 Å². The Hall–Kier alpha value is 0.821. The molecule has 0 saturated carbocycles. The summed E-state index contributed by atoms with van der Waals surface area (Å²) in [6.45, 7) is 9.80. The summed E-state index contributed by atoms with van der Waals surface area (Å²) >= 11 is 2.03. The predicted molar refractivity (Wildman–Crippen MR) is 64.1 cm³/mol. The molecule has 1 nitrogen and oxygen atoms in total. The van der Waals surface area contributed by atoms with Gasteiger partial charge in [0.15, 0.2) is 0 Å². The van der Waals surface area contributed by atoms with E-state index in [0.29, 0.717) is 0 Å². The third-order valence-corrected chi connectivity index (χ3v) is 1.31. The third kappa shape index (κ3) is 24.2. The molecule has 94 valence electrons. The molecule has 1 aromatic carbocycles. The van der Waals surface area contributed by atoms with Crippen LogP contribution in [0, 0.1) is 13.8 Å². The number of hydrogen-bond donors (Lipinski definition) is 0. The summed E-state index contributed by atoms with van der Waals surface area (Å²) in [7, 11) is 1.86. The number of halogens is 2. The van der Waals surface area contributed by atoms with Gasteiger partial charge in [0, 0.05) is 0 Å². The molecular formula is C11H21Cl2NSiTi-2. The molecule has 5 heteroatoms. The fourth-order valence-corrected chi connectivity index (χ4v) is 0.600. The van der Waals surface area contributed by atoms with Crippen LogP contribution in [0.15, 0.2) is 18.2 Å². The van der Waals surface area contributed by atoms with E-state index in [-0.39, 0.29) is 30.4 Å². The van der Waals surface area contributed by atoms with Gasteiger partial charge in [0.25, 0.3) is 0 Å². The Morgan fingerprint density at radius 3 is 1.62 bits per heavy atom. The van der Waals surface area contributed by atoms with E-state index in [2.05, 4.69) is 32.0 Å². The molecule has 0 radical (unpaired) electrons. The van der Waals surface area contributed by atoms with Crippen molar-refractivity contribution in [2.24, 2.45) is 0 Å². The molecular weight excluding hydrogens is 293 g/mol. The minimum absolute atomic E-state index is 0. The first-order valence-electron chi connectivity index (χ1n) is 4.60. The summed E-state index contributed by atoms with van der Waals surface area (Å²) in [6.07, 6.45) is 0. The maximum absolute atomic E-state index is 6.94. The fraction of sp³-hybridized carbons (Fsp3) is 0.545. The Kier molecular flexibility index (Phi) is 22.2. The van der Waals surface area contributed by atoms with Gasteiger partial charge in [-0.1, -0.05) is 34.6 Å². The van der Waals surface area contributed by atoms with Crippen LogP contribution in [0.2, 0.25) is 0 Å². The van der Waals surface area contributed by atoms with Gasteiger partial charge >= 0.3 is 26.8 Å². The SMILES string of the molecule is CC(C)(C)[NH-].Cc1ccc[c-]1C.[Cl-].[Cl-].[SiH2]=[Ti+2]. The van der Waals surface area contributed by atoms with Gasteiger partial charge in [-0.3, -0.25) is 0 Å². The van der Waals surface area contributed by atoms with E-state index in [1.54, 1.807) is 0 Å². The van der Waals surface area contributed by atoms with Gasteiger partial charge in [0.1, 0.15) is 0 Å². The van der Waals surface area contributed by atoms with Crippen LogP contribution in [0.25, 0.3) is 5.73 Å². The molecule has 1 aromatic rings. The van der Waals surface area contributed by atoms with Crippen LogP contribution >= 0.6 is 0 Å². The van der Waals surface area contributed by atoms with Crippen LogP contribution in [-0.2, 0) is 19.2 Å². The Labute approximate surface area is 126 Å². The van der Waals surface area contributed by atoms with Gasteiger partial charge in [-0.05, 0) is 0 Å². The van der Waals surface area contributed by atoms with Crippen molar-refractivity contribution in [1.29, 1.82) is 0 Å². The molecule has 0 bridgehead atoms. The average molecular weight is 314 g/mol. The molecule has 0 aliphatic carbocycles. The Bertz CT molecular complexity index is 224. The topological polar surface area (TPSA) is 23.8 Å². The van der Waals surface area contributed by atoms with E-state index in [4.69, 9.17) is 5.73 Å². The van der Waals surface area contributed by atoms with Crippen LogP contribution < -0.4 is 24.8 Å². The summed E-state index contributed by atoms with van der Waals surface area (Å²) in [5.74, 6) is 0. The zero-order valence-electron chi connectivity index (χ0n) is 10.7. The molecule has 1 N–H and O–H groups in total. The average Bonchev–Trinajstić information content (AvgIpc) is 2.37. The standard InChI is InChI=1S/C7H9.C4H10N.2ClH.H2Si.Ti/c1-6-4-3-5-7(6)2;1-4(2,3)5;;;;/h3-5H,1-2H3;5H,1-3H3;2*1H;1H2;/q2*-1;;;;+2/p-2. The molecule has 0 saturated heterocycles. The van der Waals surface area contributed by atoms with Crippen molar-refractivity contribution in [2.75, 3.05) is 0 Å². The first-order valence-corrected chi connectivity index (χ1v) is 8.62. The van der Waals surface area contributed by atoms with Crippen molar-refractivity contribution in [3.63, 3.8) is 0 Å². The monoisotopic (exact) mass is 313 g/mol. The summed E-state index contributed by atoms with van der Waals surface area (Å²) in [5.41, 5.74) is 9.47. The third-order valence-electron chi connectivity index (χ3n) is 1.31. The Balaban J connectivity index is -0.0000000728. The van der Waals surface area contributed by atoms with Gasteiger partial charge in [0.2, 0.25) is 0 Å². The van der Waals surface area contributed by atoms with Crippen LogP contribution in [0.5, 0.6) is 0 Å². The molecule has 0 unspecified atom stereocenters. The molecule has 0 aliphatic heterocycles. The van der Waals surface area contributed by atoms with Crippen molar-refractivity contribution >= 4 is 7.63 Å². The van der Waals surface area contributed by atoms with Crippen molar-refractivity contribution < 1.29 is 44.0 Å². The number of nitrogens with one attached hydrogen (secondary N) is 1. The van der Waals surface area contributed by atoms with Gasteiger partial charge in [-0.25, -0.2) is 12.1 Å². The number of rotatable bonds is 0. The molecule has 16 heavy (non-hydrogen) atoms. The Morgan fingerprint density at radius 1 is 1.25 bits per heavy atom. The zero-order chi connectivity index (χ0) is 11.8. The molecule has 0 spiro atoms. The van der Waals surface area contributed by atoms with Crippen LogP contribution in [0.3, 0.4) is 0 Å². The second-order valence-corrected chi connectivity index (χ2v) is 4.14. The van der Waals surface area contributed by atoms with Crippen LogP contribution in [0.4, 0.5) is 0 Å². The van der Waals surface area contributed by atoms with E-state index >= 15 is 0 Å². The summed E-state index contributed by atoms with van der Waals surface area (Å²) in [5, 5.41) is 0. The van der Waals surface area contributed by atoms with Crippen molar-refractivity contribution in [1.82, 2.24) is 0 Å². The van der Waals surface area contributed by atoms with Gasteiger partial charge in [0.05, 0.1) is 0 Å². The quantitative estimate of drug-likeness (QED) is 0.359. The summed E-state index contributed by atoms with van der Waals surface area (Å²) in [6, 6.07) is 6.31. The first-order chi connectivity index (χ1) is 6.30. The summed E-state index contributed by atoms with van der Waals surface area (Å²) in [4.78, 5) is 0. The fourth-order valence-electron chi connectivity index (χ4n) is 0.600. The van der Waals surface area contributed by atoms with Gasteiger partial charge in [-0.2, -0.15) is 17.2 Å². The molecule has 1 rings (SSSR count). The Morgan fingerprint density at radius 2 is 1.56 bits per heavy atom. The molecule has 0 aliphatic rings. The van der Waals surface area contributed by atoms with Gasteiger partial charge < -0.3 is 30.5 Å².